The second-order valence-corrected chi connectivity index (χ2v) is 6.32. The molecule has 1 saturated heterocycles. The summed E-state index contributed by atoms with van der Waals surface area (Å²) in [5, 5.41) is 6.65. The zero-order valence-electron chi connectivity index (χ0n) is 14.6. The van der Waals surface area contributed by atoms with Crippen LogP contribution in [-0.2, 0) is 6.42 Å². The van der Waals surface area contributed by atoms with E-state index in [1.807, 2.05) is 47.4 Å². The summed E-state index contributed by atoms with van der Waals surface area (Å²) in [6.07, 6.45) is 2.45. The first-order valence-electron chi connectivity index (χ1n) is 8.74. The van der Waals surface area contributed by atoms with Gasteiger partial charge in [-0.2, -0.15) is 5.10 Å². The lowest BCUT2D eigenvalue weighted by atomic mass is 10.1. The van der Waals surface area contributed by atoms with Crippen molar-refractivity contribution in [3.8, 4) is 17.1 Å². The van der Waals surface area contributed by atoms with E-state index in [1.165, 1.54) is 11.9 Å². The lowest BCUT2D eigenvalue weighted by Crippen LogP contribution is -2.56. The Hall–Kier alpha value is -3.15. The molecule has 6 nitrogen and oxygen atoms in total. The van der Waals surface area contributed by atoms with Gasteiger partial charge in [-0.05, 0) is 30.2 Å². The lowest BCUT2D eigenvalue weighted by Gasteiger charge is -2.39. The number of aryl methyl sites for hydroxylation is 1. The van der Waals surface area contributed by atoms with Crippen molar-refractivity contribution in [2.75, 3.05) is 13.1 Å². The van der Waals surface area contributed by atoms with Gasteiger partial charge in [-0.3, -0.25) is 9.89 Å². The Morgan fingerprint density at radius 2 is 1.96 bits per heavy atom. The Bertz CT molecular complexity index is 884. The van der Waals surface area contributed by atoms with E-state index in [2.05, 4.69) is 28.2 Å². The second kappa shape index (κ2) is 7.00. The summed E-state index contributed by atoms with van der Waals surface area (Å²) in [6, 6.07) is 15.5. The Morgan fingerprint density at radius 3 is 2.65 bits per heavy atom. The molecule has 1 aromatic heterocycles. The van der Waals surface area contributed by atoms with Crippen LogP contribution in [0.25, 0.3) is 11.4 Å². The molecule has 2 aromatic carbocycles. The van der Waals surface area contributed by atoms with Gasteiger partial charge in [0.25, 0.3) is 5.91 Å². The van der Waals surface area contributed by atoms with E-state index >= 15 is 0 Å². The van der Waals surface area contributed by atoms with Crippen LogP contribution in [0, 0.1) is 0 Å². The number of nitrogens with zero attached hydrogens (tertiary/aromatic N) is 3. The molecule has 4 rings (SSSR count). The fourth-order valence-electron chi connectivity index (χ4n) is 3.07. The van der Waals surface area contributed by atoms with E-state index < -0.39 is 0 Å². The molecule has 0 radical (unpaired) electrons. The maximum atomic E-state index is 12.6. The van der Waals surface area contributed by atoms with Gasteiger partial charge in [0, 0.05) is 11.1 Å². The number of hydrogen-bond donors (Lipinski definition) is 1. The van der Waals surface area contributed by atoms with Gasteiger partial charge < -0.3 is 9.64 Å². The fourth-order valence-corrected chi connectivity index (χ4v) is 3.07. The van der Waals surface area contributed by atoms with Crippen molar-refractivity contribution < 1.29 is 9.53 Å². The van der Waals surface area contributed by atoms with Gasteiger partial charge in [-0.15, -0.1) is 0 Å². The van der Waals surface area contributed by atoms with Crippen LogP contribution in [0.4, 0.5) is 0 Å². The first-order valence-corrected chi connectivity index (χ1v) is 8.74. The molecule has 1 amide bonds. The van der Waals surface area contributed by atoms with E-state index in [-0.39, 0.29) is 12.0 Å². The number of likely N-dealkylation sites (tertiary alicyclic amines) is 1. The summed E-state index contributed by atoms with van der Waals surface area (Å²) in [5.74, 6) is 1.64. The fraction of sp³-hybridized carbons (Fsp3) is 0.250. The molecule has 0 aliphatic carbocycles. The molecule has 0 atom stereocenters. The maximum Gasteiger partial charge on any atom is 0.254 e. The third-order valence-corrected chi connectivity index (χ3v) is 4.60. The highest BCUT2D eigenvalue weighted by Crippen LogP contribution is 2.24. The standard InChI is InChI=1S/C20H20N4O2/c1-2-14-5-3-4-6-18(14)26-17-11-24(12-17)20(25)16-9-7-15(8-10-16)19-21-13-22-23-19/h3-10,13,17H,2,11-12H2,1H3,(H,21,22,23). The number of benzene rings is 2. The molecule has 6 heteroatoms. The summed E-state index contributed by atoms with van der Waals surface area (Å²) in [7, 11) is 0. The summed E-state index contributed by atoms with van der Waals surface area (Å²) < 4.78 is 6.04. The van der Waals surface area contributed by atoms with Crippen molar-refractivity contribution in [3.05, 3.63) is 66.0 Å². The van der Waals surface area contributed by atoms with Gasteiger partial charge in [-0.25, -0.2) is 4.98 Å². The van der Waals surface area contributed by atoms with Crippen molar-refractivity contribution in [1.82, 2.24) is 20.1 Å². The van der Waals surface area contributed by atoms with Crippen LogP contribution in [0.15, 0.2) is 54.9 Å². The van der Waals surface area contributed by atoms with Gasteiger partial charge in [-0.1, -0.05) is 37.3 Å². The van der Waals surface area contributed by atoms with Gasteiger partial charge in [0.1, 0.15) is 18.2 Å². The molecule has 1 aliphatic heterocycles. The summed E-state index contributed by atoms with van der Waals surface area (Å²) in [5.41, 5.74) is 2.76. The molecular weight excluding hydrogens is 328 g/mol. The number of H-pyrrole nitrogens is 1. The van der Waals surface area contributed by atoms with E-state index in [0.717, 1.165) is 17.7 Å². The Morgan fingerprint density at radius 1 is 1.19 bits per heavy atom. The van der Waals surface area contributed by atoms with E-state index in [1.54, 1.807) is 0 Å². The van der Waals surface area contributed by atoms with Crippen LogP contribution in [0.1, 0.15) is 22.8 Å². The van der Waals surface area contributed by atoms with Crippen LogP contribution in [0.2, 0.25) is 0 Å². The molecule has 1 fully saturated rings. The summed E-state index contributed by atoms with van der Waals surface area (Å²) >= 11 is 0. The number of aromatic amines is 1. The number of carbonyl (C=O) groups is 1. The maximum absolute atomic E-state index is 12.6. The minimum Gasteiger partial charge on any atom is -0.486 e. The smallest absolute Gasteiger partial charge is 0.254 e. The molecule has 2 heterocycles. The Labute approximate surface area is 151 Å². The molecule has 0 unspecified atom stereocenters. The highest BCUT2D eigenvalue weighted by atomic mass is 16.5. The van der Waals surface area contributed by atoms with Crippen molar-refractivity contribution >= 4 is 5.91 Å². The number of para-hydroxylation sites is 1. The predicted molar refractivity (Wildman–Crippen MR) is 98.0 cm³/mol. The average molecular weight is 348 g/mol. The Kier molecular flexibility index (Phi) is 4.39. The second-order valence-electron chi connectivity index (χ2n) is 6.32. The number of hydrogen-bond acceptors (Lipinski definition) is 4. The minimum atomic E-state index is 0.0257. The van der Waals surface area contributed by atoms with Gasteiger partial charge in [0.2, 0.25) is 0 Å². The zero-order chi connectivity index (χ0) is 17.9. The van der Waals surface area contributed by atoms with Crippen molar-refractivity contribution in [2.24, 2.45) is 0 Å². The van der Waals surface area contributed by atoms with Crippen molar-refractivity contribution in [3.63, 3.8) is 0 Å². The van der Waals surface area contributed by atoms with Crippen LogP contribution < -0.4 is 4.74 Å². The highest BCUT2D eigenvalue weighted by molar-refractivity contribution is 5.95. The predicted octanol–water partition coefficient (Wildman–Crippen LogP) is 2.94. The number of aromatic nitrogens is 3. The number of ether oxygens (including phenoxy) is 1. The number of carbonyl (C=O) groups excluding carboxylic acids is 1. The summed E-state index contributed by atoms with van der Waals surface area (Å²) in [6.45, 7) is 3.34. The minimum absolute atomic E-state index is 0.0257. The highest BCUT2D eigenvalue weighted by Gasteiger charge is 2.33. The largest absolute Gasteiger partial charge is 0.486 e. The molecule has 26 heavy (non-hydrogen) atoms. The first kappa shape index (κ1) is 16.3. The molecule has 1 N–H and O–H groups in total. The number of amides is 1. The average Bonchev–Trinajstić information content (AvgIpc) is 3.19. The first-order chi connectivity index (χ1) is 12.7. The summed E-state index contributed by atoms with van der Waals surface area (Å²) in [4.78, 5) is 18.5. The van der Waals surface area contributed by atoms with Crippen LogP contribution in [0.5, 0.6) is 5.75 Å². The topological polar surface area (TPSA) is 71.1 Å². The molecule has 1 aliphatic rings. The molecule has 0 bridgehead atoms. The lowest BCUT2D eigenvalue weighted by molar-refractivity contribution is 0.0174. The van der Waals surface area contributed by atoms with Gasteiger partial charge in [0.05, 0.1) is 13.1 Å². The molecule has 3 aromatic rings. The number of rotatable bonds is 5. The van der Waals surface area contributed by atoms with Gasteiger partial charge >= 0.3 is 0 Å². The van der Waals surface area contributed by atoms with Crippen LogP contribution in [0.3, 0.4) is 0 Å². The zero-order valence-corrected chi connectivity index (χ0v) is 14.6. The molecule has 0 spiro atoms. The van der Waals surface area contributed by atoms with E-state index in [9.17, 15) is 4.79 Å². The molecule has 0 saturated carbocycles. The third kappa shape index (κ3) is 3.18. The van der Waals surface area contributed by atoms with Crippen molar-refractivity contribution in [1.29, 1.82) is 0 Å². The molecular formula is C20H20N4O2. The van der Waals surface area contributed by atoms with Crippen LogP contribution >= 0.6 is 0 Å². The normalized spacial score (nSPS) is 14.1. The van der Waals surface area contributed by atoms with E-state index in [0.29, 0.717) is 24.5 Å². The SMILES string of the molecule is CCc1ccccc1OC1CN(C(=O)c2ccc(-c3ncn[nH]3)cc2)C1. The van der Waals surface area contributed by atoms with E-state index in [4.69, 9.17) is 4.74 Å². The molecule has 132 valence electrons. The number of nitrogens with one attached hydrogen (secondary N) is 1. The Balaban J connectivity index is 1.36. The van der Waals surface area contributed by atoms with Crippen molar-refractivity contribution in [2.45, 2.75) is 19.4 Å². The van der Waals surface area contributed by atoms with Gasteiger partial charge in [0.15, 0.2) is 5.82 Å². The quantitative estimate of drug-likeness (QED) is 0.769. The third-order valence-electron chi connectivity index (χ3n) is 4.60. The van der Waals surface area contributed by atoms with Crippen LogP contribution in [-0.4, -0.2) is 45.2 Å². The monoisotopic (exact) mass is 348 g/mol.